The maximum absolute atomic E-state index is 12.4. The Hall–Kier alpha value is -1.35. The molecule has 17 heavy (non-hydrogen) atoms. The van der Waals surface area contributed by atoms with E-state index in [4.69, 9.17) is 0 Å². The lowest BCUT2D eigenvalue weighted by atomic mass is 10.1. The smallest absolute Gasteiger partial charge is 0.254 e. The van der Waals surface area contributed by atoms with Crippen molar-refractivity contribution in [3.8, 4) is 0 Å². The van der Waals surface area contributed by atoms with E-state index in [1.807, 2.05) is 11.0 Å². The van der Waals surface area contributed by atoms with Gasteiger partial charge in [0.25, 0.3) is 5.91 Å². The molecule has 0 radical (unpaired) electrons. The van der Waals surface area contributed by atoms with E-state index in [1.165, 1.54) is 11.1 Å². The number of carbonyl (C=O) groups is 1. The van der Waals surface area contributed by atoms with Gasteiger partial charge >= 0.3 is 0 Å². The summed E-state index contributed by atoms with van der Waals surface area (Å²) < 4.78 is 0. The van der Waals surface area contributed by atoms with Crippen LogP contribution in [-0.4, -0.2) is 23.4 Å². The number of hydrogen-bond acceptors (Lipinski definition) is 2. The minimum absolute atomic E-state index is 0.199. The third-order valence-corrected chi connectivity index (χ3v) is 3.90. The minimum atomic E-state index is 0.199. The summed E-state index contributed by atoms with van der Waals surface area (Å²) in [6, 6.07) is 6.51. The van der Waals surface area contributed by atoms with Crippen LogP contribution in [-0.2, 0) is 13.1 Å². The molecule has 3 rings (SSSR count). The van der Waals surface area contributed by atoms with E-state index in [1.54, 1.807) is 0 Å². The molecule has 0 saturated carbocycles. The van der Waals surface area contributed by atoms with Crippen molar-refractivity contribution < 1.29 is 4.79 Å². The van der Waals surface area contributed by atoms with Crippen molar-refractivity contribution in [3.63, 3.8) is 0 Å². The lowest BCUT2D eigenvalue weighted by molar-refractivity contribution is 0.0747. The van der Waals surface area contributed by atoms with Gasteiger partial charge < -0.3 is 10.2 Å². The second kappa shape index (κ2) is 4.15. The van der Waals surface area contributed by atoms with Crippen LogP contribution >= 0.6 is 0 Å². The summed E-state index contributed by atoms with van der Waals surface area (Å²) in [5.41, 5.74) is 3.46. The Morgan fingerprint density at radius 3 is 2.94 bits per heavy atom. The van der Waals surface area contributed by atoms with Gasteiger partial charge in [-0.3, -0.25) is 4.79 Å². The molecule has 3 nitrogen and oxygen atoms in total. The van der Waals surface area contributed by atoms with Gasteiger partial charge in [-0.2, -0.15) is 0 Å². The number of nitrogens with zero attached hydrogens (tertiary/aromatic N) is 1. The number of nitrogens with one attached hydrogen (secondary N) is 1. The average molecular weight is 230 g/mol. The molecular formula is C14H18N2O. The molecule has 0 aliphatic carbocycles. The summed E-state index contributed by atoms with van der Waals surface area (Å²) in [5.74, 6) is 0.199. The maximum Gasteiger partial charge on any atom is 0.254 e. The number of rotatable bonds is 1. The van der Waals surface area contributed by atoms with E-state index >= 15 is 0 Å². The minimum Gasteiger partial charge on any atom is -0.336 e. The lowest BCUT2D eigenvalue weighted by Gasteiger charge is -2.21. The molecule has 1 amide bonds. The highest BCUT2D eigenvalue weighted by molar-refractivity contribution is 5.94. The zero-order valence-electron chi connectivity index (χ0n) is 10.2. The average Bonchev–Trinajstić information content (AvgIpc) is 2.95. The molecule has 1 aromatic carbocycles. The molecule has 2 heterocycles. The number of amides is 1. The van der Waals surface area contributed by atoms with E-state index in [0.29, 0.717) is 6.04 Å². The summed E-state index contributed by atoms with van der Waals surface area (Å²) in [4.78, 5) is 14.4. The Bertz CT molecular complexity index is 456. The van der Waals surface area contributed by atoms with Crippen LogP contribution in [0.3, 0.4) is 0 Å². The summed E-state index contributed by atoms with van der Waals surface area (Å²) >= 11 is 0. The van der Waals surface area contributed by atoms with Gasteiger partial charge in [-0.05, 0) is 43.0 Å². The summed E-state index contributed by atoms with van der Waals surface area (Å²) in [5, 5.41) is 3.31. The van der Waals surface area contributed by atoms with Gasteiger partial charge in [0.1, 0.15) is 0 Å². The first-order chi connectivity index (χ1) is 8.25. The Kier molecular flexibility index (Phi) is 2.63. The molecular weight excluding hydrogens is 212 g/mol. The second-order valence-electron chi connectivity index (χ2n) is 5.08. The van der Waals surface area contributed by atoms with E-state index < -0.39 is 0 Å². The van der Waals surface area contributed by atoms with Gasteiger partial charge in [0.2, 0.25) is 0 Å². The first-order valence-corrected chi connectivity index (χ1v) is 6.39. The standard InChI is InChI=1S/C14H18N2O/c1-10-3-2-6-16(10)14(17)11-4-5-12-8-15-9-13(12)7-11/h4-5,7,10,15H,2-3,6,8-9H2,1H3. The molecule has 90 valence electrons. The Labute approximate surface area is 102 Å². The zero-order chi connectivity index (χ0) is 11.8. The van der Waals surface area contributed by atoms with Gasteiger partial charge in [-0.25, -0.2) is 0 Å². The molecule has 1 unspecified atom stereocenters. The van der Waals surface area contributed by atoms with Crippen LogP contribution in [0.5, 0.6) is 0 Å². The fourth-order valence-corrected chi connectivity index (χ4v) is 2.83. The topological polar surface area (TPSA) is 32.3 Å². The highest BCUT2D eigenvalue weighted by Crippen LogP contribution is 2.22. The molecule has 1 N–H and O–H groups in total. The van der Waals surface area contributed by atoms with Gasteiger partial charge in [-0.15, -0.1) is 0 Å². The number of fused-ring (bicyclic) bond motifs is 1. The first-order valence-electron chi connectivity index (χ1n) is 6.39. The normalized spacial score (nSPS) is 22.9. The summed E-state index contributed by atoms with van der Waals surface area (Å²) in [6.45, 7) is 4.88. The van der Waals surface area contributed by atoms with Crippen LogP contribution < -0.4 is 5.32 Å². The third-order valence-electron chi connectivity index (χ3n) is 3.90. The van der Waals surface area contributed by atoms with Crippen molar-refractivity contribution in [1.82, 2.24) is 10.2 Å². The van der Waals surface area contributed by atoms with Gasteiger partial charge in [-0.1, -0.05) is 6.07 Å². The maximum atomic E-state index is 12.4. The Balaban J connectivity index is 1.86. The molecule has 0 aromatic heterocycles. The zero-order valence-corrected chi connectivity index (χ0v) is 10.2. The summed E-state index contributed by atoms with van der Waals surface area (Å²) in [6.07, 6.45) is 2.28. The molecule has 0 spiro atoms. The summed E-state index contributed by atoms with van der Waals surface area (Å²) in [7, 11) is 0. The predicted molar refractivity (Wildman–Crippen MR) is 66.7 cm³/mol. The molecule has 1 fully saturated rings. The molecule has 1 saturated heterocycles. The fraction of sp³-hybridized carbons (Fsp3) is 0.500. The molecule has 2 aliphatic heterocycles. The SMILES string of the molecule is CC1CCCN1C(=O)c1ccc2c(c1)CNC2. The fourth-order valence-electron chi connectivity index (χ4n) is 2.83. The lowest BCUT2D eigenvalue weighted by Crippen LogP contribution is -2.33. The quantitative estimate of drug-likeness (QED) is 0.799. The van der Waals surface area contributed by atoms with Gasteiger partial charge in [0, 0.05) is 31.2 Å². The van der Waals surface area contributed by atoms with Crippen molar-refractivity contribution in [1.29, 1.82) is 0 Å². The number of benzene rings is 1. The number of carbonyl (C=O) groups excluding carboxylic acids is 1. The molecule has 1 aromatic rings. The van der Waals surface area contributed by atoms with E-state index in [-0.39, 0.29) is 5.91 Å². The molecule has 3 heteroatoms. The highest BCUT2D eigenvalue weighted by atomic mass is 16.2. The highest BCUT2D eigenvalue weighted by Gasteiger charge is 2.26. The Morgan fingerprint density at radius 1 is 1.35 bits per heavy atom. The van der Waals surface area contributed by atoms with Crippen LogP contribution in [0.2, 0.25) is 0 Å². The van der Waals surface area contributed by atoms with Crippen molar-refractivity contribution in [2.75, 3.05) is 6.54 Å². The predicted octanol–water partition coefficient (Wildman–Crippen LogP) is 1.91. The van der Waals surface area contributed by atoms with Crippen LogP contribution in [0, 0.1) is 0 Å². The van der Waals surface area contributed by atoms with Crippen LogP contribution in [0.1, 0.15) is 41.3 Å². The van der Waals surface area contributed by atoms with E-state index in [9.17, 15) is 4.79 Å². The van der Waals surface area contributed by atoms with E-state index in [2.05, 4.69) is 24.4 Å². The van der Waals surface area contributed by atoms with Crippen molar-refractivity contribution in [3.05, 3.63) is 34.9 Å². The van der Waals surface area contributed by atoms with E-state index in [0.717, 1.165) is 38.0 Å². The second-order valence-corrected chi connectivity index (χ2v) is 5.08. The van der Waals surface area contributed by atoms with Crippen molar-refractivity contribution in [2.24, 2.45) is 0 Å². The largest absolute Gasteiger partial charge is 0.336 e. The van der Waals surface area contributed by atoms with Crippen LogP contribution in [0.15, 0.2) is 18.2 Å². The Morgan fingerprint density at radius 2 is 2.18 bits per heavy atom. The van der Waals surface area contributed by atoms with Gasteiger partial charge in [0.05, 0.1) is 0 Å². The first kappa shape index (κ1) is 10.8. The van der Waals surface area contributed by atoms with Crippen LogP contribution in [0.25, 0.3) is 0 Å². The van der Waals surface area contributed by atoms with Crippen LogP contribution in [0.4, 0.5) is 0 Å². The molecule has 2 aliphatic rings. The van der Waals surface area contributed by atoms with Gasteiger partial charge in [0.15, 0.2) is 0 Å². The monoisotopic (exact) mass is 230 g/mol. The van der Waals surface area contributed by atoms with Crippen molar-refractivity contribution >= 4 is 5.91 Å². The number of likely N-dealkylation sites (tertiary alicyclic amines) is 1. The third kappa shape index (κ3) is 1.84. The van der Waals surface area contributed by atoms with Crippen molar-refractivity contribution in [2.45, 2.75) is 38.9 Å². The molecule has 0 bridgehead atoms. The molecule has 1 atom stereocenters. The number of hydrogen-bond donors (Lipinski definition) is 1.